The summed E-state index contributed by atoms with van der Waals surface area (Å²) in [6.07, 6.45) is 0.499. The van der Waals surface area contributed by atoms with Crippen LogP contribution in [0.4, 0.5) is 4.39 Å². The van der Waals surface area contributed by atoms with E-state index in [4.69, 9.17) is 0 Å². The van der Waals surface area contributed by atoms with Crippen molar-refractivity contribution in [3.63, 3.8) is 0 Å². The van der Waals surface area contributed by atoms with Gasteiger partial charge in [-0.15, -0.1) is 0 Å². The molecule has 2 amide bonds. The van der Waals surface area contributed by atoms with Gasteiger partial charge in [0.25, 0.3) is 0 Å². The van der Waals surface area contributed by atoms with Gasteiger partial charge in [0.1, 0.15) is 5.82 Å². The van der Waals surface area contributed by atoms with Crippen LogP contribution in [0.15, 0.2) is 24.3 Å². The van der Waals surface area contributed by atoms with Gasteiger partial charge in [-0.2, -0.15) is 0 Å². The summed E-state index contributed by atoms with van der Waals surface area (Å²) >= 11 is 0. The first-order chi connectivity index (χ1) is 10.1. The average Bonchev–Trinajstić information content (AvgIpc) is 2.88. The fourth-order valence-corrected chi connectivity index (χ4v) is 2.33. The molecule has 1 aliphatic rings. The first-order valence-electron chi connectivity index (χ1n) is 7.05. The molecule has 0 aromatic heterocycles. The number of aliphatic hydroxyl groups excluding tert-OH is 1. The molecule has 0 saturated carbocycles. The van der Waals surface area contributed by atoms with E-state index in [1.807, 2.05) is 0 Å². The predicted molar refractivity (Wildman–Crippen MR) is 74.8 cm³/mol. The minimum absolute atomic E-state index is 0.0479. The minimum atomic E-state index is -1.08. The van der Waals surface area contributed by atoms with Crippen molar-refractivity contribution in [3.8, 4) is 0 Å². The molecule has 0 spiro atoms. The number of carbonyl (C=O) groups excluding carboxylic acids is 2. The summed E-state index contributed by atoms with van der Waals surface area (Å²) in [7, 11) is 0. The molecule has 1 aromatic carbocycles. The molecule has 1 aliphatic heterocycles. The van der Waals surface area contributed by atoms with Crippen molar-refractivity contribution in [1.82, 2.24) is 10.2 Å². The van der Waals surface area contributed by atoms with Gasteiger partial charge in [0.05, 0.1) is 6.10 Å². The highest BCUT2D eigenvalue weighted by molar-refractivity contribution is 5.80. The molecule has 5 nitrogen and oxygen atoms in total. The smallest absolute Gasteiger partial charge is 0.222 e. The molecule has 0 radical (unpaired) electrons. The summed E-state index contributed by atoms with van der Waals surface area (Å²) in [5.74, 6) is -0.679. The van der Waals surface area contributed by atoms with Crippen LogP contribution in [0.25, 0.3) is 0 Å². The maximum Gasteiger partial charge on any atom is 0.222 e. The standard InChI is InChI=1S/C15H19FN2O3/c16-12-5-2-1-4-11(12)13(19)10-17-14(20)7-9-18-8-3-6-15(18)21/h1-2,4-5,13,19H,3,6-10H2,(H,17,20). The van der Waals surface area contributed by atoms with Gasteiger partial charge < -0.3 is 15.3 Å². The van der Waals surface area contributed by atoms with Crippen LogP contribution in [0.2, 0.25) is 0 Å². The van der Waals surface area contributed by atoms with Crippen LogP contribution in [0.1, 0.15) is 30.9 Å². The molecular weight excluding hydrogens is 275 g/mol. The van der Waals surface area contributed by atoms with Crippen molar-refractivity contribution in [2.75, 3.05) is 19.6 Å². The Kier molecular flexibility index (Phi) is 5.27. The van der Waals surface area contributed by atoms with Gasteiger partial charge in [0.15, 0.2) is 0 Å². The molecule has 0 bridgehead atoms. The van der Waals surface area contributed by atoms with E-state index in [-0.39, 0.29) is 30.3 Å². The van der Waals surface area contributed by atoms with Gasteiger partial charge in [0.2, 0.25) is 11.8 Å². The van der Waals surface area contributed by atoms with Crippen LogP contribution >= 0.6 is 0 Å². The van der Waals surface area contributed by atoms with Crippen LogP contribution in [0.3, 0.4) is 0 Å². The zero-order valence-corrected chi connectivity index (χ0v) is 11.7. The SMILES string of the molecule is O=C(CCN1CCCC1=O)NCC(O)c1ccccc1F. The first kappa shape index (κ1) is 15.4. The zero-order valence-electron chi connectivity index (χ0n) is 11.7. The molecule has 1 unspecified atom stereocenters. The van der Waals surface area contributed by atoms with E-state index >= 15 is 0 Å². The number of rotatable bonds is 6. The van der Waals surface area contributed by atoms with Crippen LogP contribution in [0, 0.1) is 5.82 Å². The summed E-state index contributed by atoms with van der Waals surface area (Å²) in [5.41, 5.74) is 0.160. The fraction of sp³-hybridized carbons (Fsp3) is 0.467. The molecule has 1 heterocycles. The third-order valence-corrected chi connectivity index (χ3v) is 3.54. The Morgan fingerprint density at radius 1 is 1.43 bits per heavy atom. The van der Waals surface area contributed by atoms with E-state index in [2.05, 4.69) is 5.32 Å². The van der Waals surface area contributed by atoms with Crippen molar-refractivity contribution < 1.29 is 19.1 Å². The fourth-order valence-electron chi connectivity index (χ4n) is 2.33. The quantitative estimate of drug-likeness (QED) is 0.822. The van der Waals surface area contributed by atoms with Crippen LogP contribution < -0.4 is 5.32 Å². The van der Waals surface area contributed by atoms with Gasteiger partial charge in [-0.05, 0) is 12.5 Å². The van der Waals surface area contributed by atoms with Crippen LogP contribution in [-0.4, -0.2) is 41.5 Å². The lowest BCUT2D eigenvalue weighted by atomic mass is 10.1. The molecular formula is C15H19FN2O3. The molecule has 1 saturated heterocycles. The molecule has 21 heavy (non-hydrogen) atoms. The molecule has 2 rings (SSSR count). The molecule has 1 fully saturated rings. The van der Waals surface area contributed by atoms with E-state index in [9.17, 15) is 19.1 Å². The third-order valence-electron chi connectivity index (χ3n) is 3.54. The summed E-state index contributed by atoms with van der Waals surface area (Å²) in [6, 6.07) is 5.91. The molecule has 1 atom stereocenters. The van der Waals surface area contributed by atoms with E-state index in [0.29, 0.717) is 19.5 Å². The number of hydrogen-bond donors (Lipinski definition) is 2. The summed E-state index contributed by atoms with van der Waals surface area (Å²) in [5, 5.41) is 12.4. The topological polar surface area (TPSA) is 69.6 Å². The Balaban J connectivity index is 1.73. The van der Waals surface area contributed by atoms with E-state index in [1.54, 1.807) is 11.0 Å². The van der Waals surface area contributed by atoms with E-state index in [1.165, 1.54) is 18.2 Å². The number of likely N-dealkylation sites (tertiary alicyclic amines) is 1. The summed E-state index contributed by atoms with van der Waals surface area (Å²) in [4.78, 5) is 24.7. The third kappa shape index (κ3) is 4.26. The lowest BCUT2D eigenvalue weighted by molar-refractivity contribution is -0.128. The number of amides is 2. The Hall–Kier alpha value is -1.95. The number of aliphatic hydroxyl groups is 1. The molecule has 0 aliphatic carbocycles. The van der Waals surface area contributed by atoms with Crippen LogP contribution in [-0.2, 0) is 9.59 Å². The molecule has 1 aromatic rings. The van der Waals surface area contributed by atoms with Crippen LogP contribution in [0.5, 0.6) is 0 Å². The molecule has 114 valence electrons. The number of benzene rings is 1. The van der Waals surface area contributed by atoms with E-state index in [0.717, 1.165) is 6.42 Å². The monoisotopic (exact) mass is 294 g/mol. The molecule has 6 heteroatoms. The highest BCUT2D eigenvalue weighted by Crippen LogP contribution is 2.15. The second kappa shape index (κ2) is 7.17. The molecule has 2 N–H and O–H groups in total. The number of carbonyl (C=O) groups is 2. The second-order valence-electron chi connectivity index (χ2n) is 5.08. The average molecular weight is 294 g/mol. The largest absolute Gasteiger partial charge is 0.386 e. The van der Waals surface area contributed by atoms with Crippen molar-refractivity contribution >= 4 is 11.8 Å². The van der Waals surface area contributed by atoms with Crippen molar-refractivity contribution in [2.45, 2.75) is 25.4 Å². The zero-order chi connectivity index (χ0) is 15.2. The lowest BCUT2D eigenvalue weighted by Gasteiger charge is -2.16. The summed E-state index contributed by atoms with van der Waals surface area (Å²) < 4.78 is 13.4. The van der Waals surface area contributed by atoms with E-state index < -0.39 is 11.9 Å². The highest BCUT2D eigenvalue weighted by atomic mass is 19.1. The van der Waals surface area contributed by atoms with Gasteiger partial charge in [-0.1, -0.05) is 18.2 Å². The minimum Gasteiger partial charge on any atom is -0.386 e. The number of nitrogens with one attached hydrogen (secondary N) is 1. The number of halogens is 1. The van der Waals surface area contributed by atoms with Gasteiger partial charge in [0, 0.05) is 38.0 Å². The normalized spacial score (nSPS) is 16.1. The maximum atomic E-state index is 13.4. The Labute approximate surface area is 122 Å². The Bertz CT molecular complexity index is 521. The van der Waals surface area contributed by atoms with Gasteiger partial charge in [-0.3, -0.25) is 9.59 Å². The lowest BCUT2D eigenvalue weighted by Crippen LogP contribution is -2.33. The Morgan fingerprint density at radius 3 is 2.86 bits per heavy atom. The van der Waals surface area contributed by atoms with Crippen molar-refractivity contribution in [3.05, 3.63) is 35.6 Å². The summed E-state index contributed by atoms with van der Waals surface area (Å²) in [6.45, 7) is 1.04. The predicted octanol–water partition coefficient (Wildman–Crippen LogP) is 0.988. The number of nitrogens with zero attached hydrogens (tertiary/aromatic N) is 1. The Morgan fingerprint density at radius 2 is 2.19 bits per heavy atom. The van der Waals surface area contributed by atoms with Gasteiger partial charge >= 0.3 is 0 Å². The van der Waals surface area contributed by atoms with Gasteiger partial charge in [-0.25, -0.2) is 4.39 Å². The highest BCUT2D eigenvalue weighted by Gasteiger charge is 2.20. The maximum absolute atomic E-state index is 13.4. The number of hydrogen-bond acceptors (Lipinski definition) is 3. The first-order valence-corrected chi connectivity index (χ1v) is 7.05. The van der Waals surface area contributed by atoms with Crippen molar-refractivity contribution in [2.24, 2.45) is 0 Å². The van der Waals surface area contributed by atoms with Crippen molar-refractivity contribution in [1.29, 1.82) is 0 Å². The second-order valence-corrected chi connectivity index (χ2v) is 5.08.